The van der Waals surface area contributed by atoms with E-state index in [0.29, 0.717) is 4.90 Å². The van der Waals surface area contributed by atoms with Crippen LogP contribution in [0.25, 0.3) is 10.8 Å². The second kappa shape index (κ2) is 3.80. The third-order valence-electron chi connectivity index (χ3n) is 3.60. The molecule has 0 heterocycles. The summed E-state index contributed by atoms with van der Waals surface area (Å²) in [6, 6.07) is 9.81. The van der Waals surface area contributed by atoms with Crippen molar-refractivity contribution in [1.29, 1.82) is 0 Å². The standard InChI is InChI=1S/C14H15NO2S/c1-15(2)18(16,17)13-9-7-11-5-3-4-10-6-8-12(13)14(10)11/h3-5,7,9H,6,8H2,1-2H3. The quantitative estimate of drug-likeness (QED) is 0.831. The van der Waals surface area contributed by atoms with Crippen molar-refractivity contribution in [2.24, 2.45) is 0 Å². The minimum Gasteiger partial charge on any atom is -0.207 e. The lowest BCUT2D eigenvalue weighted by Gasteiger charge is -2.14. The first-order valence-corrected chi connectivity index (χ1v) is 7.42. The summed E-state index contributed by atoms with van der Waals surface area (Å²) in [5.74, 6) is 0. The molecule has 0 atom stereocenters. The molecule has 3 rings (SSSR count). The molecule has 4 heteroatoms. The summed E-state index contributed by atoms with van der Waals surface area (Å²) < 4.78 is 25.9. The minimum atomic E-state index is -3.34. The highest BCUT2D eigenvalue weighted by Gasteiger charge is 2.26. The maximum absolute atomic E-state index is 12.3. The van der Waals surface area contributed by atoms with Gasteiger partial charge in [0, 0.05) is 14.1 Å². The highest BCUT2D eigenvalue weighted by atomic mass is 32.2. The number of rotatable bonds is 2. The van der Waals surface area contributed by atoms with Gasteiger partial charge in [-0.15, -0.1) is 0 Å². The molecule has 18 heavy (non-hydrogen) atoms. The molecule has 0 spiro atoms. The van der Waals surface area contributed by atoms with Crippen LogP contribution >= 0.6 is 0 Å². The van der Waals surface area contributed by atoms with Gasteiger partial charge >= 0.3 is 0 Å². The Morgan fingerprint density at radius 1 is 1.06 bits per heavy atom. The van der Waals surface area contributed by atoms with Crippen molar-refractivity contribution < 1.29 is 8.42 Å². The van der Waals surface area contributed by atoms with E-state index in [1.165, 1.54) is 9.87 Å². The Labute approximate surface area is 107 Å². The van der Waals surface area contributed by atoms with Gasteiger partial charge in [-0.2, -0.15) is 0 Å². The molecule has 0 amide bonds. The second-order valence-corrected chi connectivity index (χ2v) is 6.97. The largest absolute Gasteiger partial charge is 0.242 e. The highest BCUT2D eigenvalue weighted by molar-refractivity contribution is 7.89. The molecule has 0 N–H and O–H groups in total. The SMILES string of the molecule is CN(C)S(=O)(=O)c1ccc2cccc3c2c1CC3. The Morgan fingerprint density at radius 2 is 1.83 bits per heavy atom. The predicted octanol–water partition coefficient (Wildman–Crippen LogP) is 2.19. The van der Waals surface area contributed by atoms with Gasteiger partial charge in [0.1, 0.15) is 0 Å². The first-order chi connectivity index (χ1) is 8.51. The molecule has 0 aliphatic heterocycles. The normalized spacial score (nSPS) is 14.6. The third-order valence-corrected chi connectivity index (χ3v) is 5.50. The van der Waals surface area contributed by atoms with E-state index in [1.54, 1.807) is 20.2 Å². The molecule has 94 valence electrons. The molecule has 0 unspecified atom stereocenters. The topological polar surface area (TPSA) is 37.4 Å². The molecule has 2 aromatic rings. The van der Waals surface area contributed by atoms with Crippen LogP contribution < -0.4 is 0 Å². The van der Waals surface area contributed by atoms with E-state index < -0.39 is 10.0 Å². The summed E-state index contributed by atoms with van der Waals surface area (Å²) in [6.07, 6.45) is 1.76. The summed E-state index contributed by atoms with van der Waals surface area (Å²) in [5, 5.41) is 2.28. The zero-order valence-electron chi connectivity index (χ0n) is 10.5. The van der Waals surface area contributed by atoms with E-state index in [2.05, 4.69) is 6.07 Å². The average molecular weight is 261 g/mol. The summed E-state index contributed by atoms with van der Waals surface area (Å²) in [5.41, 5.74) is 2.25. The van der Waals surface area contributed by atoms with Gasteiger partial charge < -0.3 is 0 Å². The first-order valence-electron chi connectivity index (χ1n) is 5.98. The number of aryl methyl sites for hydroxylation is 2. The predicted molar refractivity (Wildman–Crippen MR) is 72.2 cm³/mol. The molecule has 0 aromatic heterocycles. The van der Waals surface area contributed by atoms with E-state index in [9.17, 15) is 8.42 Å². The fourth-order valence-corrected chi connectivity index (χ4v) is 3.82. The molecule has 1 aliphatic rings. The van der Waals surface area contributed by atoms with Crippen molar-refractivity contribution in [3.05, 3.63) is 41.5 Å². The fourth-order valence-electron chi connectivity index (χ4n) is 2.67. The maximum atomic E-state index is 12.3. The zero-order chi connectivity index (χ0) is 12.9. The van der Waals surface area contributed by atoms with Crippen LogP contribution in [0.4, 0.5) is 0 Å². The maximum Gasteiger partial charge on any atom is 0.242 e. The molecule has 2 aromatic carbocycles. The van der Waals surface area contributed by atoms with E-state index in [1.807, 2.05) is 18.2 Å². The van der Waals surface area contributed by atoms with Gasteiger partial charge in [0.25, 0.3) is 0 Å². The number of sulfonamides is 1. The number of benzene rings is 2. The van der Waals surface area contributed by atoms with Crippen LogP contribution in [0.15, 0.2) is 35.2 Å². The van der Waals surface area contributed by atoms with Gasteiger partial charge in [-0.25, -0.2) is 12.7 Å². The van der Waals surface area contributed by atoms with E-state index in [-0.39, 0.29) is 0 Å². The van der Waals surface area contributed by atoms with Crippen LogP contribution in [0.2, 0.25) is 0 Å². The molecule has 0 saturated carbocycles. The molecule has 0 fully saturated rings. The van der Waals surface area contributed by atoms with Crippen LogP contribution in [0, 0.1) is 0 Å². The first kappa shape index (κ1) is 11.7. The van der Waals surface area contributed by atoms with Crippen molar-refractivity contribution in [3.8, 4) is 0 Å². The number of hydrogen-bond acceptors (Lipinski definition) is 2. The monoisotopic (exact) mass is 261 g/mol. The van der Waals surface area contributed by atoms with Crippen molar-refractivity contribution >= 4 is 20.8 Å². The third kappa shape index (κ3) is 1.49. The zero-order valence-corrected chi connectivity index (χ0v) is 11.3. The van der Waals surface area contributed by atoms with Gasteiger partial charge in [0.2, 0.25) is 10.0 Å². The Kier molecular flexibility index (Phi) is 2.47. The Morgan fingerprint density at radius 3 is 2.56 bits per heavy atom. The Hall–Kier alpha value is -1.39. The van der Waals surface area contributed by atoms with Gasteiger partial charge in [-0.3, -0.25) is 0 Å². The Balaban J connectivity index is 2.37. The summed E-state index contributed by atoms with van der Waals surface area (Å²) in [7, 11) is -0.191. The molecular formula is C14H15NO2S. The lowest BCUT2D eigenvalue weighted by Crippen LogP contribution is -2.23. The van der Waals surface area contributed by atoms with Crippen LogP contribution in [-0.2, 0) is 22.9 Å². The van der Waals surface area contributed by atoms with Gasteiger partial charge in [0.15, 0.2) is 0 Å². The lowest BCUT2D eigenvalue weighted by molar-refractivity contribution is 0.520. The summed E-state index contributed by atoms with van der Waals surface area (Å²) in [4.78, 5) is 0.463. The fraction of sp³-hybridized carbons (Fsp3) is 0.286. The minimum absolute atomic E-state index is 0.463. The van der Waals surface area contributed by atoms with Gasteiger partial charge in [0.05, 0.1) is 4.90 Å². The highest BCUT2D eigenvalue weighted by Crippen LogP contribution is 2.35. The number of hydrogen-bond donors (Lipinski definition) is 0. The van der Waals surface area contributed by atoms with Crippen LogP contribution in [0.5, 0.6) is 0 Å². The van der Waals surface area contributed by atoms with Crippen molar-refractivity contribution in [2.45, 2.75) is 17.7 Å². The summed E-state index contributed by atoms with van der Waals surface area (Å²) >= 11 is 0. The second-order valence-electron chi connectivity index (χ2n) is 4.84. The molecule has 3 nitrogen and oxygen atoms in total. The van der Waals surface area contributed by atoms with Gasteiger partial charge in [-0.05, 0) is 40.8 Å². The summed E-state index contributed by atoms with van der Waals surface area (Å²) in [6.45, 7) is 0. The van der Waals surface area contributed by atoms with Crippen LogP contribution in [-0.4, -0.2) is 26.8 Å². The smallest absolute Gasteiger partial charge is 0.207 e. The van der Waals surface area contributed by atoms with E-state index in [4.69, 9.17) is 0 Å². The molecule has 1 aliphatic carbocycles. The van der Waals surface area contributed by atoms with Crippen molar-refractivity contribution in [3.63, 3.8) is 0 Å². The molecular weight excluding hydrogens is 246 g/mol. The lowest BCUT2D eigenvalue weighted by atomic mass is 10.1. The molecule has 0 saturated heterocycles. The van der Waals surface area contributed by atoms with E-state index in [0.717, 1.165) is 29.2 Å². The number of nitrogens with zero attached hydrogens (tertiary/aromatic N) is 1. The van der Waals surface area contributed by atoms with Crippen LogP contribution in [0.3, 0.4) is 0 Å². The van der Waals surface area contributed by atoms with Crippen molar-refractivity contribution in [1.82, 2.24) is 4.31 Å². The molecule has 0 radical (unpaired) electrons. The molecule has 0 bridgehead atoms. The van der Waals surface area contributed by atoms with Gasteiger partial charge in [-0.1, -0.05) is 24.3 Å². The Bertz CT molecular complexity index is 733. The average Bonchev–Trinajstić information content (AvgIpc) is 2.75. The van der Waals surface area contributed by atoms with E-state index >= 15 is 0 Å². The van der Waals surface area contributed by atoms with Crippen molar-refractivity contribution in [2.75, 3.05) is 14.1 Å². The van der Waals surface area contributed by atoms with Crippen LogP contribution in [0.1, 0.15) is 11.1 Å².